The summed E-state index contributed by atoms with van der Waals surface area (Å²) in [6.45, 7) is 2.92. The number of rotatable bonds is 7. The molecule has 0 fully saturated rings. The molecule has 0 spiro atoms. The zero-order valence-corrected chi connectivity index (χ0v) is 19.6. The molecule has 0 aliphatic carbocycles. The molecular weight excluding hydrogens is 468 g/mol. The van der Waals surface area contributed by atoms with Crippen molar-refractivity contribution >= 4 is 32.1 Å². The van der Waals surface area contributed by atoms with Gasteiger partial charge in [-0.15, -0.1) is 0 Å². The SMILES string of the molecule is CCCOc1ccc(S(=O)(=O)O)cc1-c1nc2cc3ncn(Cc4ccccc4)c3cc2c(=O)[nH]1. The van der Waals surface area contributed by atoms with Crippen molar-refractivity contribution in [1.82, 2.24) is 19.5 Å². The summed E-state index contributed by atoms with van der Waals surface area (Å²) >= 11 is 0. The van der Waals surface area contributed by atoms with Gasteiger partial charge in [0.1, 0.15) is 11.6 Å². The number of nitrogens with zero attached hydrogens (tertiary/aromatic N) is 3. The molecule has 2 aromatic heterocycles. The van der Waals surface area contributed by atoms with E-state index in [0.717, 1.165) is 17.5 Å². The van der Waals surface area contributed by atoms with Gasteiger partial charge in [-0.2, -0.15) is 8.42 Å². The summed E-state index contributed by atoms with van der Waals surface area (Å²) in [4.78, 5) is 24.5. The quantitative estimate of drug-likeness (QED) is 0.330. The van der Waals surface area contributed by atoms with E-state index in [-0.39, 0.29) is 16.3 Å². The number of hydrogen-bond donors (Lipinski definition) is 2. The normalized spacial score (nSPS) is 11.8. The summed E-state index contributed by atoms with van der Waals surface area (Å²) in [5.74, 6) is 0.470. The van der Waals surface area contributed by atoms with E-state index in [1.807, 2.05) is 41.8 Å². The first-order valence-corrected chi connectivity index (χ1v) is 12.4. The van der Waals surface area contributed by atoms with Crippen LogP contribution in [0.4, 0.5) is 0 Å². The maximum atomic E-state index is 13.1. The Balaban J connectivity index is 1.64. The highest BCUT2D eigenvalue weighted by Crippen LogP contribution is 2.31. The molecule has 2 heterocycles. The second-order valence-electron chi connectivity index (χ2n) is 8.11. The van der Waals surface area contributed by atoms with E-state index in [4.69, 9.17) is 4.74 Å². The first-order chi connectivity index (χ1) is 16.8. The van der Waals surface area contributed by atoms with Gasteiger partial charge in [0.05, 0.1) is 45.3 Å². The zero-order valence-electron chi connectivity index (χ0n) is 18.8. The maximum Gasteiger partial charge on any atom is 0.294 e. The molecule has 35 heavy (non-hydrogen) atoms. The van der Waals surface area contributed by atoms with E-state index in [1.165, 1.54) is 18.2 Å². The lowest BCUT2D eigenvalue weighted by molar-refractivity contribution is 0.318. The van der Waals surface area contributed by atoms with Gasteiger partial charge < -0.3 is 14.3 Å². The van der Waals surface area contributed by atoms with Crippen LogP contribution in [0.3, 0.4) is 0 Å². The van der Waals surface area contributed by atoms with Crippen LogP contribution in [0.25, 0.3) is 33.3 Å². The molecular formula is C25H22N4O5S. The Bertz CT molecular complexity index is 1710. The van der Waals surface area contributed by atoms with Gasteiger partial charge in [-0.25, -0.2) is 9.97 Å². The molecule has 10 heteroatoms. The fraction of sp³-hybridized carbons (Fsp3) is 0.160. The topological polar surface area (TPSA) is 127 Å². The van der Waals surface area contributed by atoms with Crippen LogP contribution in [-0.4, -0.2) is 39.1 Å². The van der Waals surface area contributed by atoms with E-state index < -0.39 is 15.7 Å². The lowest BCUT2D eigenvalue weighted by Crippen LogP contribution is -2.11. The Kier molecular flexibility index (Phi) is 5.83. The highest BCUT2D eigenvalue weighted by molar-refractivity contribution is 7.85. The number of fused-ring (bicyclic) bond motifs is 2. The monoisotopic (exact) mass is 490 g/mol. The Hall–Kier alpha value is -4.02. The molecule has 0 aliphatic rings. The minimum Gasteiger partial charge on any atom is -0.493 e. The first-order valence-electron chi connectivity index (χ1n) is 11.0. The molecule has 178 valence electrons. The number of H-pyrrole nitrogens is 1. The Morgan fingerprint density at radius 3 is 2.60 bits per heavy atom. The standard InChI is InChI=1S/C25H22N4O5S/c1-2-10-34-23-9-8-17(35(31,32)33)11-19(23)24-27-20-13-21-22(12-18(20)25(30)28-24)29(15-26-21)14-16-6-4-3-5-7-16/h3-9,11-13,15H,2,10,14H2,1H3,(H,27,28,30)(H,31,32,33). The highest BCUT2D eigenvalue weighted by atomic mass is 32.2. The van der Waals surface area contributed by atoms with Crippen molar-refractivity contribution in [2.45, 2.75) is 24.8 Å². The van der Waals surface area contributed by atoms with Gasteiger partial charge in [0.25, 0.3) is 15.7 Å². The molecule has 0 radical (unpaired) electrons. The van der Waals surface area contributed by atoms with Crippen LogP contribution in [0.15, 0.2) is 76.7 Å². The van der Waals surface area contributed by atoms with Crippen LogP contribution in [0.2, 0.25) is 0 Å². The van der Waals surface area contributed by atoms with Crippen LogP contribution in [0.1, 0.15) is 18.9 Å². The van der Waals surface area contributed by atoms with Gasteiger partial charge >= 0.3 is 0 Å². The van der Waals surface area contributed by atoms with Crippen molar-refractivity contribution in [3.05, 3.63) is 82.9 Å². The number of aromatic amines is 1. The first kappa shape index (κ1) is 22.8. The van der Waals surface area contributed by atoms with Crippen molar-refractivity contribution in [2.24, 2.45) is 0 Å². The molecule has 0 saturated heterocycles. The third-order valence-electron chi connectivity index (χ3n) is 5.61. The minimum atomic E-state index is -4.46. The molecule has 3 aromatic carbocycles. The second kappa shape index (κ2) is 8.97. The van der Waals surface area contributed by atoms with Crippen LogP contribution < -0.4 is 10.3 Å². The van der Waals surface area contributed by atoms with Crippen molar-refractivity contribution in [1.29, 1.82) is 0 Å². The summed E-state index contributed by atoms with van der Waals surface area (Å²) in [6, 6.07) is 17.3. The van der Waals surface area contributed by atoms with Gasteiger partial charge in [0.2, 0.25) is 0 Å². The second-order valence-corrected chi connectivity index (χ2v) is 9.53. The lowest BCUT2D eigenvalue weighted by atomic mass is 10.1. The van der Waals surface area contributed by atoms with Crippen LogP contribution in [0, 0.1) is 0 Å². The zero-order chi connectivity index (χ0) is 24.6. The van der Waals surface area contributed by atoms with Gasteiger partial charge in [0.15, 0.2) is 0 Å². The number of ether oxygens (including phenoxy) is 1. The smallest absolute Gasteiger partial charge is 0.294 e. The van der Waals surface area contributed by atoms with E-state index in [2.05, 4.69) is 15.0 Å². The van der Waals surface area contributed by atoms with Gasteiger partial charge in [-0.3, -0.25) is 9.35 Å². The number of hydrogen-bond acceptors (Lipinski definition) is 6. The van der Waals surface area contributed by atoms with Gasteiger partial charge in [0, 0.05) is 6.54 Å². The lowest BCUT2D eigenvalue weighted by Gasteiger charge is -2.12. The van der Waals surface area contributed by atoms with E-state index >= 15 is 0 Å². The summed E-state index contributed by atoms with van der Waals surface area (Å²) in [5.41, 5.74) is 2.83. The van der Waals surface area contributed by atoms with Crippen LogP contribution >= 0.6 is 0 Å². The van der Waals surface area contributed by atoms with Crippen molar-refractivity contribution in [3.63, 3.8) is 0 Å². The molecule has 0 saturated carbocycles. The molecule has 2 N–H and O–H groups in total. The predicted octanol–water partition coefficient (Wildman–Crippen LogP) is 4.02. The average molecular weight is 491 g/mol. The average Bonchev–Trinajstić information content (AvgIpc) is 3.23. The molecule has 0 unspecified atom stereocenters. The van der Waals surface area contributed by atoms with Crippen LogP contribution in [0.5, 0.6) is 5.75 Å². The number of imidazole rings is 1. The number of aromatic nitrogens is 4. The Labute approximate surface area is 200 Å². The maximum absolute atomic E-state index is 13.1. The molecule has 9 nitrogen and oxygen atoms in total. The molecule has 0 aliphatic heterocycles. The predicted molar refractivity (Wildman–Crippen MR) is 132 cm³/mol. The third kappa shape index (κ3) is 4.53. The molecule has 0 atom stereocenters. The molecule has 5 aromatic rings. The summed E-state index contributed by atoms with van der Waals surface area (Å²) < 4.78 is 40.6. The van der Waals surface area contributed by atoms with Gasteiger partial charge in [-0.1, -0.05) is 37.3 Å². The molecule has 0 amide bonds. The number of nitrogens with one attached hydrogen (secondary N) is 1. The third-order valence-corrected chi connectivity index (χ3v) is 6.46. The molecule has 0 bridgehead atoms. The minimum absolute atomic E-state index is 0.127. The van der Waals surface area contributed by atoms with Crippen LogP contribution in [-0.2, 0) is 16.7 Å². The molecule has 5 rings (SSSR count). The summed E-state index contributed by atoms with van der Waals surface area (Å²) in [7, 11) is -4.46. The number of benzene rings is 3. The fourth-order valence-electron chi connectivity index (χ4n) is 3.92. The summed E-state index contributed by atoms with van der Waals surface area (Å²) in [6.07, 6.45) is 2.45. The summed E-state index contributed by atoms with van der Waals surface area (Å²) in [5, 5.41) is 0.373. The van der Waals surface area contributed by atoms with E-state index in [9.17, 15) is 17.8 Å². The Morgan fingerprint density at radius 2 is 1.86 bits per heavy atom. The van der Waals surface area contributed by atoms with Crippen molar-refractivity contribution < 1.29 is 17.7 Å². The highest BCUT2D eigenvalue weighted by Gasteiger charge is 2.18. The largest absolute Gasteiger partial charge is 0.493 e. The van der Waals surface area contributed by atoms with E-state index in [1.54, 1.807) is 18.5 Å². The van der Waals surface area contributed by atoms with Crippen molar-refractivity contribution in [3.8, 4) is 17.1 Å². The Morgan fingerprint density at radius 1 is 1.06 bits per heavy atom. The van der Waals surface area contributed by atoms with E-state index in [0.29, 0.717) is 35.3 Å². The van der Waals surface area contributed by atoms with Gasteiger partial charge in [-0.05, 0) is 42.3 Å². The fourth-order valence-corrected chi connectivity index (χ4v) is 4.42. The van der Waals surface area contributed by atoms with Crippen molar-refractivity contribution in [2.75, 3.05) is 6.61 Å².